The lowest BCUT2D eigenvalue weighted by Crippen LogP contribution is -2.20. The molecule has 1 aliphatic rings. The minimum Gasteiger partial charge on any atom is -0.497 e. The fourth-order valence-electron chi connectivity index (χ4n) is 1.53. The van der Waals surface area contributed by atoms with Crippen molar-refractivity contribution in [2.24, 2.45) is 10.9 Å². The minimum atomic E-state index is 0.0196. The van der Waals surface area contributed by atoms with Gasteiger partial charge in [-0.2, -0.15) is 0 Å². The molecule has 0 spiro atoms. The van der Waals surface area contributed by atoms with Crippen molar-refractivity contribution < 1.29 is 9.57 Å². The average molecular weight is 206 g/mol. The van der Waals surface area contributed by atoms with Gasteiger partial charge in [-0.1, -0.05) is 17.3 Å². The zero-order chi connectivity index (χ0) is 10.7. The topological polar surface area (TPSA) is 56.8 Å². The van der Waals surface area contributed by atoms with E-state index in [2.05, 4.69) is 5.16 Å². The van der Waals surface area contributed by atoms with Crippen molar-refractivity contribution >= 4 is 5.71 Å². The number of rotatable bonds is 3. The van der Waals surface area contributed by atoms with Crippen LogP contribution in [0.3, 0.4) is 0 Å². The van der Waals surface area contributed by atoms with Gasteiger partial charge in [-0.3, -0.25) is 0 Å². The lowest BCUT2D eigenvalue weighted by atomic mass is 10.0. The Hall–Kier alpha value is -1.55. The van der Waals surface area contributed by atoms with E-state index in [1.54, 1.807) is 7.11 Å². The third-order valence-corrected chi connectivity index (χ3v) is 2.40. The number of oxime groups is 1. The van der Waals surface area contributed by atoms with Gasteiger partial charge < -0.3 is 15.3 Å². The predicted molar refractivity (Wildman–Crippen MR) is 58.1 cm³/mol. The van der Waals surface area contributed by atoms with Crippen molar-refractivity contribution in [1.82, 2.24) is 0 Å². The van der Waals surface area contributed by atoms with Crippen LogP contribution in [-0.2, 0) is 4.84 Å². The van der Waals surface area contributed by atoms with Crippen molar-refractivity contribution in [3.05, 3.63) is 29.8 Å². The van der Waals surface area contributed by atoms with Crippen LogP contribution in [0.1, 0.15) is 12.0 Å². The molecule has 0 radical (unpaired) electrons. The van der Waals surface area contributed by atoms with E-state index in [0.717, 1.165) is 23.4 Å². The minimum absolute atomic E-state index is 0.0196. The second-order valence-corrected chi connectivity index (χ2v) is 3.44. The van der Waals surface area contributed by atoms with E-state index < -0.39 is 0 Å². The fraction of sp³-hybridized carbons (Fsp3) is 0.364. The third-order valence-electron chi connectivity index (χ3n) is 2.40. The molecule has 1 aromatic carbocycles. The van der Waals surface area contributed by atoms with Crippen LogP contribution >= 0.6 is 0 Å². The quantitative estimate of drug-likeness (QED) is 0.807. The van der Waals surface area contributed by atoms with Crippen molar-refractivity contribution in [3.8, 4) is 5.75 Å². The summed E-state index contributed by atoms with van der Waals surface area (Å²) in [5.74, 6) is 0.825. The van der Waals surface area contributed by atoms with Crippen LogP contribution in [-0.4, -0.2) is 25.5 Å². The molecule has 0 aliphatic carbocycles. The SMILES string of the molecule is COc1cccc(C2=NO[C@@H](CN)C2)c1. The zero-order valence-electron chi connectivity index (χ0n) is 8.64. The number of hydrogen-bond acceptors (Lipinski definition) is 4. The Bertz CT molecular complexity index is 377. The van der Waals surface area contributed by atoms with Gasteiger partial charge in [0.05, 0.1) is 12.8 Å². The summed E-state index contributed by atoms with van der Waals surface area (Å²) in [6, 6.07) is 7.78. The van der Waals surface area contributed by atoms with Gasteiger partial charge in [0, 0.05) is 18.5 Å². The number of ether oxygens (including phenoxy) is 1. The number of benzene rings is 1. The molecule has 1 aromatic rings. The third kappa shape index (κ3) is 2.10. The Kier molecular flexibility index (Phi) is 2.87. The van der Waals surface area contributed by atoms with Gasteiger partial charge in [-0.25, -0.2) is 0 Å². The summed E-state index contributed by atoms with van der Waals surface area (Å²) in [4.78, 5) is 5.16. The molecular weight excluding hydrogens is 192 g/mol. The maximum atomic E-state index is 5.51. The van der Waals surface area contributed by atoms with Gasteiger partial charge in [0.2, 0.25) is 0 Å². The highest BCUT2D eigenvalue weighted by atomic mass is 16.6. The van der Waals surface area contributed by atoms with Gasteiger partial charge in [-0.15, -0.1) is 0 Å². The maximum absolute atomic E-state index is 5.51. The standard InChI is InChI=1S/C11H14N2O2/c1-14-9-4-2-3-8(5-9)11-6-10(7-12)15-13-11/h2-5,10H,6-7,12H2,1H3/t10-/m1/s1. The second kappa shape index (κ2) is 4.31. The van der Waals surface area contributed by atoms with Crippen LogP contribution in [0.25, 0.3) is 0 Å². The average Bonchev–Trinajstić information content (AvgIpc) is 2.78. The van der Waals surface area contributed by atoms with Gasteiger partial charge in [-0.05, 0) is 12.1 Å². The Morgan fingerprint density at radius 2 is 2.47 bits per heavy atom. The van der Waals surface area contributed by atoms with E-state index in [1.165, 1.54) is 0 Å². The smallest absolute Gasteiger partial charge is 0.145 e. The number of nitrogens with two attached hydrogens (primary N) is 1. The molecule has 2 N–H and O–H groups in total. The van der Waals surface area contributed by atoms with Crippen molar-refractivity contribution in [1.29, 1.82) is 0 Å². The lowest BCUT2D eigenvalue weighted by Gasteiger charge is -2.03. The van der Waals surface area contributed by atoms with E-state index in [4.69, 9.17) is 15.3 Å². The summed E-state index contributed by atoms with van der Waals surface area (Å²) in [6.45, 7) is 0.497. The Morgan fingerprint density at radius 3 is 3.13 bits per heavy atom. The first-order chi connectivity index (χ1) is 7.33. The molecule has 4 nitrogen and oxygen atoms in total. The Balaban J connectivity index is 2.16. The summed E-state index contributed by atoms with van der Waals surface area (Å²) in [6.07, 6.45) is 0.787. The lowest BCUT2D eigenvalue weighted by molar-refractivity contribution is 0.0918. The van der Waals surface area contributed by atoms with Crippen LogP contribution in [0.5, 0.6) is 5.75 Å². The predicted octanol–water partition coefficient (Wildman–Crippen LogP) is 1.15. The summed E-state index contributed by atoms with van der Waals surface area (Å²) in [5, 5.41) is 4.01. The number of methoxy groups -OCH3 is 1. The molecule has 0 aromatic heterocycles. The molecule has 0 bridgehead atoms. The maximum Gasteiger partial charge on any atom is 0.145 e. The zero-order valence-corrected chi connectivity index (χ0v) is 8.64. The fourth-order valence-corrected chi connectivity index (χ4v) is 1.53. The summed E-state index contributed by atoms with van der Waals surface area (Å²) in [7, 11) is 1.65. The summed E-state index contributed by atoms with van der Waals surface area (Å²) >= 11 is 0. The van der Waals surface area contributed by atoms with Crippen LogP contribution in [0.4, 0.5) is 0 Å². The molecule has 0 saturated carbocycles. The van der Waals surface area contributed by atoms with Gasteiger partial charge in [0.1, 0.15) is 11.9 Å². The summed E-state index contributed by atoms with van der Waals surface area (Å²) < 4.78 is 5.15. The van der Waals surface area contributed by atoms with E-state index in [0.29, 0.717) is 6.54 Å². The monoisotopic (exact) mass is 206 g/mol. The normalized spacial score (nSPS) is 19.6. The van der Waals surface area contributed by atoms with Crippen LogP contribution in [0.2, 0.25) is 0 Å². The highest BCUT2D eigenvalue weighted by molar-refractivity contribution is 6.01. The molecule has 0 saturated heterocycles. The highest BCUT2D eigenvalue weighted by Crippen LogP contribution is 2.19. The Morgan fingerprint density at radius 1 is 1.60 bits per heavy atom. The molecule has 1 aliphatic heterocycles. The van der Waals surface area contributed by atoms with Crippen molar-refractivity contribution in [3.63, 3.8) is 0 Å². The second-order valence-electron chi connectivity index (χ2n) is 3.44. The highest BCUT2D eigenvalue weighted by Gasteiger charge is 2.20. The van der Waals surface area contributed by atoms with Crippen LogP contribution < -0.4 is 10.5 Å². The molecule has 1 heterocycles. The van der Waals surface area contributed by atoms with Gasteiger partial charge in [0.15, 0.2) is 0 Å². The largest absolute Gasteiger partial charge is 0.497 e. The van der Waals surface area contributed by atoms with Gasteiger partial charge >= 0.3 is 0 Å². The van der Waals surface area contributed by atoms with Gasteiger partial charge in [0.25, 0.3) is 0 Å². The Labute approximate surface area is 88.7 Å². The molecule has 0 fully saturated rings. The van der Waals surface area contributed by atoms with E-state index >= 15 is 0 Å². The van der Waals surface area contributed by atoms with E-state index in [9.17, 15) is 0 Å². The number of hydrogen-bond donors (Lipinski definition) is 1. The molecule has 0 unspecified atom stereocenters. The molecule has 1 atom stereocenters. The van der Waals surface area contributed by atoms with Crippen molar-refractivity contribution in [2.75, 3.05) is 13.7 Å². The van der Waals surface area contributed by atoms with E-state index in [-0.39, 0.29) is 6.10 Å². The first kappa shape index (κ1) is 9.98. The van der Waals surface area contributed by atoms with Crippen LogP contribution in [0.15, 0.2) is 29.4 Å². The van der Waals surface area contributed by atoms with E-state index in [1.807, 2.05) is 24.3 Å². The molecule has 4 heteroatoms. The van der Waals surface area contributed by atoms with Crippen LogP contribution in [0, 0.1) is 0 Å². The van der Waals surface area contributed by atoms with Crippen molar-refractivity contribution in [2.45, 2.75) is 12.5 Å². The number of nitrogens with zero attached hydrogens (tertiary/aromatic N) is 1. The molecule has 80 valence electrons. The molecule has 0 amide bonds. The first-order valence-corrected chi connectivity index (χ1v) is 4.90. The molecule has 2 rings (SSSR count). The molecule has 15 heavy (non-hydrogen) atoms. The summed E-state index contributed by atoms with van der Waals surface area (Å²) in [5.41, 5.74) is 7.47. The molecular formula is C11H14N2O2. The first-order valence-electron chi connectivity index (χ1n) is 4.90.